The van der Waals surface area contributed by atoms with E-state index in [-0.39, 0.29) is 0 Å². The molecule has 2 fully saturated rings. The molecule has 1 aromatic heterocycles. The summed E-state index contributed by atoms with van der Waals surface area (Å²) in [6.07, 6.45) is 5.29. The van der Waals surface area contributed by atoms with Crippen LogP contribution in [-0.4, -0.2) is 27.8 Å². The van der Waals surface area contributed by atoms with Gasteiger partial charge in [-0.25, -0.2) is 5.10 Å². The van der Waals surface area contributed by atoms with Crippen molar-refractivity contribution in [1.29, 1.82) is 0 Å². The summed E-state index contributed by atoms with van der Waals surface area (Å²) in [5.41, 5.74) is 5.53. The van der Waals surface area contributed by atoms with Gasteiger partial charge in [-0.1, -0.05) is 0 Å². The van der Waals surface area contributed by atoms with Crippen molar-refractivity contribution in [3.63, 3.8) is 0 Å². The van der Waals surface area contributed by atoms with Gasteiger partial charge in [0.1, 0.15) is 0 Å². The molecule has 3 N–H and O–H groups in total. The molecule has 1 heterocycles. The van der Waals surface area contributed by atoms with E-state index in [1.807, 2.05) is 0 Å². The van der Waals surface area contributed by atoms with Crippen molar-refractivity contribution >= 4 is 11.9 Å². The van der Waals surface area contributed by atoms with E-state index in [0.29, 0.717) is 12.0 Å². The van der Waals surface area contributed by atoms with Crippen molar-refractivity contribution in [1.82, 2.24) is 15.2 Å². The number of nitrogens with zero attached hydrogens (tertiary/aromatic N) is 3. The molecule has 5 nitrogen and oxygen atoms in total. The van der Waals surface area contributed by atoms with E-state index in [9.17, 15) is 0 Å². The molecule has 0 spiro atoms. The molecular formula is C9H15N5. The Morgan fingerprint density at radius 2 is 2.14 bits per heavy atom. The molecule has 0 aromatic carbocycles. The van der Waals surface area contributed by atoms with E-state index < -0.39 is 0 Å². The Labute approximate surface area is 82.7 Å². The van der Waals surface area contributed by atoms with Crippen LogP contribution in [0.4, 0.5) is 11.9 Å². The second-order valence-electron chi connectivity index (χ2n) is 4.35. The Bertz CT molecular complexity index is 326. The fourth-order valence-corrected chi connectivity index (χ4v) is 1.75. The lowest BCUT2D eigenvalue weighted by molar-refractivity contribution is 0.699. The first kappa shape index (κ1) is 8.08. The molecule has 14 heavy (non-hydrogen) atoms. The van der Waals surface area contributed by atoms with E-state index in [4.69, 9.17) is 5.73 Å². The van der Waals surface area contributed by atoms with Crippen LogP contribution in [0, 0.1) is 5.92 Å². The van der Waals surface area contributed by atoms with Gasteiger partial charge in [0.25, 0.3) is 0 Å². The second-order valence-corrected chi connectivity index (χ2v) is 4.35. The van der Waals surface area contributed by atoms with Crippen LogP contribution in [0.2, 0.25) is 0 Å². The van der Waals surface area contributed by atoms with E-state index in [2.05, 4.69) is 20.1 Å². The lowest BCUT2D eigenvalue weighted by Crippen LogP contribution is -2.29. The molecule has 5 heteroatoms. The maximum absolute atomic E-state index is 5.53. The molecule has 2 aliphatic rings. The van der Waals surface area contributed by atoms with Crippen LogP contribution in [0.15, 0.2) is 0 Å². The predicted octanol–water partition coefficient (Wildman–Crippen LogP) is 0.766. The van der Waals surface area contributed by atoms with Crippen LogP contribution in [0.5, 0.6) is 0 Å². The summed E-state index contributed by atoms with van der Waals surface area (Å²) in [5.74, 6) is 2.08. The Morgan fingerprint density at radius 3 is 2.64 bits per heavy atom. The lowest BCUT2D eigenvalue weighted by Gasteiger charge is -2.19. The average Bonchev–Trinajstić information content (AvgIpc) is 3.04. The SMILES string of the molecule is Nc1nc(N(CC2CC2)C2CC2)n[nH]1. The highest BCUT2D eigenvalue weighted by molar-refractivity contribution is 5.37. The molecule has 0 aliphatic heterocycles. The maximum Gasteiger partial charge on any atom is 0.246 e. The molecule has 76 valence electrons. The molecule has 0 amide bonds. The predicted molar refractivity (Wildman–Crippen MR) is 53.9 cm³/mol. The van der Waals surface area contributed by atoms with Crippen molar-refractivity contribution in [2.75, 3.05) is 17.2 Å². The quantitative estimate of drug-likeness (QED) is 0.740. The Morgan fingerprint density at radius 1 is 1.36 bits per heavy atom. The Hall–Kier alpha value is -1.26. The molecule has 3 rings (SSSR count). The van der Waals surface area contributed by atoms with Gasteiger partial charge < -0.3 is 10.6 Å². The average molecular weight is 193 g/mol. The summed E-state index contributed by atoms with van der Waals surface area (Å²) in [7, 11) is 0. The number of aromatic amines is 1. The largest absolute Gasteiger partial charge is 0.368 e. The minimum atomic E-state index is 0.418. The molecule has 0 bridgehead atoms. The van der Waals surface area contributed by atoms with Crippen molar-refractivity contribution in [2.24, 2.45) is 5.92 Å². The highest BCUT2D eigenvalue weighted by Crippen LogP contribution is 2.36. The number of anilines is 2. The number of nitrogens with one attached hydrogen (secondary N) is 1. The number of aromatic nitrogens is 3. The minimum absolute atomic E-state index is 0.418. The zero-order chi connectivity index (χ0) is 9.54. The van der Waals surface area contributed by atoms with E-state index in [0.717, 1.165) is 18.4 Å². The van der Waals surface area contributed by atoms with Crippen molar-refractivity contribution in [3.8, 4) is 0 Å². The van der Waals surface area contributed by atoms with Gasteiger partial charge in [0.05, 0.1) is 0 Å². The van der Waals surface area contributed by atoms with Gasteiger partial charge in [0, 0.05) is 12.6 Å². The van der Waals surface area contributed by atoms with Gasteiger partial charge in [-0.2, -0.15) is 4.98 Å². The summed E-state index contributed by atoms with van der Waals surface area (Å²) < 4.78 is 0. The zero-order valence-corrected chi connectivity index (χ0v) is 8.11. The van der Waals surface area contributed by atoms with E-state index >= 15 is 0 Å². The molecule has 0 unspecified atom stereocenters. The van der Waals surface area contributed by atoms with Crippen LogP contribution >= 0.6 is 0 Å². The Balaban J connectivity index is 1.75. The monoisotopic (exact) mass is 193 g/mol. The number of H-pyrrole nitrogens is 1. The molecule has 0 atom stereocenters. The van der Waals surface area contributed by atoms with Crippen LogP contribution in [0.3, 0.4) is 0 Å². The molecule has 2 aliphatic carbocycles. The number of rotatable bonds is 4. The van der Waals surface area contributed by atoms with Gasteiger partial charge >= 0.3 is 0 Å². The van der Waals surface area contributed by atoms with Gasteiger partial charge in [0.2, 0.25) is 11.9 Å². The second kappa shape index (κ2) is 2.87. The van der Waals surface area contributed by atoms with Crippen LogP contribution < -0.4 is 10.6 Å². The minimum Gasteiger partial charge on any atom is -0.368 e. The maximum atomic E-state index is 5.53. The fourth-order valence-electron chi connectivity index (χ4n) is 1.75. The molecule has 0 saturated heterocycles. The van der Waals surface area contributed by atoms with Gasteiger partial charge in [-0.3, -0.25) is 0 Å². The van der Waals surface area contributed by atoms with Gasteiger partial charge in [0.15, 0.2) is 0 Å². The zero-order valence-electron chi connectivity index (χ0n) is 8.11. The summed E-state index contributed by atoms with van der Waals surface area (Å²) in [6.45, 7) is 1.11. The van der Waals surface area contributed by atoms with Crippen molar-refractivity contribution in [2.45, 2.75) is 31.7 Å². The summed E-state index contributed by atoms with van der Waals surface area (Å²) in [4.78, 5) is 6.50. The first-order valence-electron chi connectivity index (χ1n) is 5.27. The number of nitrogens with two attached hydrogens (primary N) is 1. The van der Waals surface area contributed by atoms with E-state index in [1.54, 1.807) is 0 Å². The highest BCUT2D eigenvalue weighted by Gasteiger charge is 2.35. The van der Waals surface area contributed by atoms with Crippen molar-refractivity contribution in [3.05, 3.63) is 0 Å². The standard InChI is InChI=1S/C9H15N5/c10-8-11-9(13-12-8)14(7-3-4-7)5-6-1-2-6/h6-7H,1-5H2,(H3,10,11,12,13). The fraction of sp³-hybridized carbons (Fsp3) is 0.778. The third-order valence-corrected chi connectivity index (χ3v) is 2.89. The highest BCUT2D eigenvalue weighted by atomic mass is 15.4. The summed E-state index contributed by atoms with van der Waals surface area (Å²) in [5, 5.41) is 6.82. The summed E-state index contributed by atoms with van der Waals surface area (Å²) >= 11 is 0. The third-order valence-electron chi connectivity index (χ3n) is 2.89. The first-order chi connectivity index (χ1) is 6.83. The number of hydrogen-bond donors (Lipinski definition) is 2. The summed E-state index contributed by atoms with van der Waals surface area (Å²) in [6, 6.07) is 0.672. The number of hydrogen-bond acceptors (Lipinski definition) is 4. The van der Waals surface area contributed by atoms with Crippen LogP contribution in [0.1, 0.15) is 25.7 Å². The third kappa shape index (κ3) is 1.54. The normalized spacial score (nSPS) is 21.1. The lowest BCUT2D eigenvalue weighted by atomic mass is 10.3. The molecule has 0 radical (unpaired) electrons. The number of nitrogen functional groups attached to an aromatic ring is 1. The van der Waals surface area contributed by atoms with Crippen LogP contribution in [-0.2, 0) is 0 Å². The smallest absolute Gasteiger partial charge is 0.246 e. The van der Waals surface area contributed by atoms with Gasteiger partial charge in [-0.15, -0.1) is 5.10 Å². The Kier molecular flexibility index (Phi) is 1.65. The molecule has 1 aromatic rings. The first-order valence-corrected chi connectivity index (χ1v) is 5.27. The topological polar surface area (TPSA) is 70.8 Å². The molecular weight excluding hydrogens is 178 g/mol. The van der Waals surface area contributed by atoms with Crippen LogP contribution in [0.25, 0.3) is 0 Å². The van der Waals surface area contributed by atoms with E-state index in [1.165, 1.54) is 25.7 Å². The molecule has 2 saturated carbocycles. The van der Waals surface area contributed by atoms with Gasteiger partial charge in [-0.05, 0) is 31.6 Å². The van der Waals surface area contributed by atoms with Crippen molar-refractivity contribution < 1.29 is 0 Å².